The minimum Gasteiger partial charge on any atom is -0.481 e. The molecule has 0 bridgehead atoms. The molecule has 2 aliphatic rings. The van der Waals surface area contributed by atoms with Crippen LogP contribution in [0.4, 0.5) is 8.78 Å². The van der Waals surface area contributed by atoms with Gasteiger partial charge in [-0.2, -0.15) is 0 Å². The van der Waals surface area contributed by atoms with Crippen LogP contribution in [-0.4, -0.2) is 33.1 Å². The molecule has 4 heterocycles. The standard InChI is InChI=1S/C27H24F2N4O3/c1-35-24-12-16(7-9-30-24)23-11-15(8-10-36-23)22-14-33-26(32-21-4-2-3-19(21)27(33)34)25(31-22)18-6-5-17(28)13-20(18)29/h5-7,9,12-15,23H,2-4,8,10-11H2,1H3/t15-,23+/m0/s1. The summed E-state index contributed by atoms with van der Waals surface area (Å²) >= 11 is 0. The lowest BCUT2D eigenvalue weighted by atomic mass is 9.89. The predicted octanol–water partition coefficient (Wildman–Crippen LogP) is 4.56. The van der Waals surface area contributed by atoms with Gasteiger partial charge < -0.3 is 9.47 Å². The Morgan fingerprint density at radius 3 is 2.86 bits per heavy atom. The van der Waals surface area contributed by atoms with Crippen molar-refractivity contribution in [3.8, 4) is 17.1 Å². The lowest BCUT2D eigenvalue weighted by Gasteiger charge is -2.30. The fraction of sp³-hybridized carbons (Fsp3) is 0.333. The number of aromatic nitrogens is 4. The van der Waals surface area contributed by atoms with Crippen molar-refractivity contribution in [1.29, 1.82) is 0 Å². The first-order chi connectivity index (χ1) is 17.5. The summed E-state index contributed by atoms with van der Waals surface area (Å²) in [6, 6.07) is 7.10. The number of nitrogens with zero attached hydrogens (tertiary/aromatic N) is 4. The number of hydrogen-bond donors (Lipinski definition) is 0. The highest BCUT2D eigenvalue weighted by Crippen LogP contribution is 2.38. The zero-order valence-electron chi connectivity index (χ0n) is 19.7. The van der Waals surface area contributed by atoms with Crippen molar-refractivity contribution in [2.75, 3.05) is 13.7 Å². The summed E-state index contributed by atoms with van der Waals surface area (Å²) in [7, 11) is 1.56. The molecule has 1 fully saturated rings. The quantitative estimate of drug-likeness (QED) is 0.417. The van der Waals surface area contributed by atoms with E-state index in [1.807, 2.05) is 12.1 Å². The minimum atomic E-state index is -0.745. The molecule has 1 aliphatic carbocycles. The summed E-state index contributed by atoms with van der Waals surface area (Å²) in [5, 5.41) is 0. The average Bonchev–Trinajstić information content (AvgIpc) is 3.38. The van der Waals surface area contributed by atoms with Gasteiger partial charge >= 0.3 is 0 Å². The predicted molar refractivity (Wildman–Crippen MR) is 128 cm³/mol. The number of methoxy groups -OCH3 is 1. The zero-order valence-corrected chi connectivity index (χ0v) is 19.7. The van der Waals surface area contributed by atoms with E-state index >= 15 is 0 Å². The Morgan fingerprint density at radius 2 is 2.03 bits per heavy atom. The third-order valence-electron chi connectivity index (χ3n) is 7.08. The summed E-state index contributed by atoms with van der Waals surface area (Å²) in [4.78, 5) is 27.2. The van der Waals surface area contributed by atoms with Crippen molar-refractivity contribution in [3.05, 3.63) is 87.2 Å². The normalized spacial score (nSPS) is 19.4. The van der Waals surface area contributed by atoms with E-state index in [1.54, 1.807) is 19.5 Å². The molecule has 0 N–H and O–H groups in total. The highest BCUT2D eigenvalue weighted by molar-refractivity contribution is 5.74. The van der Waals surface area contributed by atoms with Gasteiger partial charge in [0.15, 0.2) is 5.65 Å². The molecule has 0 amide bonds. The number of pyridine rings is 1. The lowest BCUT2D eigenvalue weighted by molar-refractivity contribution is 0.00442. The smallest absolute Gasteiger partial charge is 0.261 e. The number of ether oxygens (including phenoxy) is 2. The number of halogens is 2. The van der Waals surface area contributed by atoms with Crippen molar-refractivity contribution >= 4 is 5.65 Å². The van der Waals surface area contributed by atoms with Crippen molar-refractivity contribution in [3.63, 3.8) is 0 Å². The van der Waals surface area contributed by atoms with Gasteiger partial charge in [-0.05, 0) is 55.9 Å². The van der Waals surface area contributed by atoms with Crippen LogP contribution in [0, 0.1) is 11.6 Å². The number of fused-ring (bicyclic) bond motifs is 2. The molecule has 3 aromatic heterocycles. The molecule has 1 aliphatic heterocycles. The second-order valence-corrected chi connectivity index (χ2v) is 9.24. The van der Waals surface area contributed by atoms with E-state index in [0.717, 1.165) is 23.7 Å². The molecule has 1 aromatic carbocycles. The van der Waals surface area contributed by atoms with Gasteiger partial charge in [0.05, 0.1) is 24.6 Å². The molecule has 6 rings (SSSR count). The number of aryl methyl sites for hydroxylation is 1. The highest BCUT2D eigenvalue weighted by atomic mass is 19.1. The van der Waals surface area contributed by atoms with Gasteiger partial charge in [0.25, 0.3) is 5.56 Å². The van der Waals surface area contributed by atoms with Crippen LogP contribution in [-0.2, 0) is 17.6 Å². The second-order valence-electron chi connectivity index (χ2n) is 9.24. The van der Waals surface area contributed by atoms with Crippen LogP contribution in [0.15, 0.2) is 47.5 Å². The van der Waals surface area contributed by atoms with Crippen molar-refractivity contribution < 1.29 is 18.3 Å². The van der Waals surface area contributed by atoms with Gasteiger partial charge in [0.1, 0.15) is 17.3 Å². The van der Waals surface area contributed by atoms with Crippen LogP contribution in [0.3, 0.4) is 0 Å². The topological polar surface area (TPSA) is 78.6 Å². The Morgan fingerprint density at radius 1 is 1.14 bits per heavy atom. The minimum absolute atomic E-state index is 0.0466. The summed E-state index contributed by atoms with van der Waals surface area (Å²) in [6.07, 6.45) is 6.73. The van der Waals surface area contributed by atoms with E-state index in [0.29, 0.717) is 49.4 Å². The first-order valence-electron chi connectivity index (χ1n) is 12.0. The molecule has 1 saturated heterocycles. The summed E-state index contributed by atoms with van der Waals surface area (Å²) in [5.41, 5.74) is 3.51. The third kappa shape index (κ3) is 3.93. The summed E-state index contributed by atoms with van der Waals surface area (Å²) in [5.74, 6) is -0.967. The van der Waals surface area contributed by atoms with Gasteiger partial charge in [-0.25, -0.2) is 23.7 Å². The molecule has 2 atom stereocenters. The summed E-state index contributed by atoms with van der Waals surface area (Å²) in [6.45, 7) is 0.497. The average molecular weight is 491 g/mol. The zero-order chi connectivity index (χ0) is 24.8. The highest BCUT2D eigenvalue weighted by Gasteiger charge is 2.29. The van der Waals surface area contributed by atoms with E-state index in [2.05, 4.69) is 4.98 Å². The van der Waals surface area contributed by atoms with Crippen LogP contribution < -0.4 is 10.3 Å². The maximum absolute atomic E-state index is 14.9. The van der Waals surface area contributed by atoms with E-state index in [1.165, 1.54) is 16.5 Å². The molecule has 0 spiro atoms. The Labute approximate surface area is 205 Å². The van der Waals surface area contributed by atoms with Crippen LogP contribution in [0.1, 0.15) is 53.8 Å². The molecule has 36 heavy (non-hydrogen) atoms. The van der Waals surface area contributed by atoms with Crippen LogP contribution >= 0.6 is 0 Å². The molecule has 0 radical (unpaired) electrons. The lowest BCUT2D eigenvalue weighted by Crippen LogP contribution is -2.24. The molecule has 184 valence electrons. The molecule has 4 aromatic rings. The monoisotopic (exact) mass is 490 g/mol. The van der Waals surface area contributed by atoms with Crippen molar-refractivity contribution in [2.24, 2.45) is 0 Å². The van der Waals surface area contributed by atoms with Crippen LogP contribution in [0.25, 0.3) is 16.9 Å². The molecule has 7 nitrogen and oxygen atoms in total. The maximum atomic E-state index is 14.9. The van der Waals surface area contributed by atoms with E-state index in [9.17, 15) is 13.6 Å². The molecule has 0 saturated carbocycles. The fourth-order valence-electron chi connectivity index (χ4n) is 5.23. The van der Waals surface area contributed by atoms with Gasteiger partial charge in [0, 0.05) is 48.2 Å². The van der Waals surface area contributed by atoms with Crippen molar-refractivity contribution in [2.45, 2.75) is 44.1 Å². The van der Waals surface area contributed by atoms with Gasteiger partial charge in [-0.1, -0.05) is 0 Å². The molecule has 0 unspecified atom stereocenters. The first kappa shape index (κ1) is 22.7. The summed E-state index contributed by atoms with van der Waals surface area (Å²) < 4.78 is 41.4. The Balaban J connectivity index is 1.49. The van der Waals surface area contributed by atoms with E-state index < -0.39 is 11.6 Å². The van der Waals surface area contributed by atoms with Crippen LogP contribution in [0.5, 0.6) is 5.88 Å². The maximum Gasteiger partial charge on any atom is 0.261 e. The molecule has 9 heteroatoms. The Bertz CT molecular complexity index is 1540. The second kappa shape index (κ2) is 9.05. The largest absolute Gasteiger partial charge is 0.481 e. The Hall–Kier alpha value is -3.72. The number of rotatable bonds is 4. The fourth-order valence-corrected chi connectivity index (χ4v) is 5.23. The van der Waals surface area contributed by atoms with E-state index in [-0.39, 0.29) is 34.5 Å². The van der Waals surface area contributed by atoms with Gasteiger partial charge in [-0.3, -0.25) is 9.20 Å². The number of hydrogen-bond acceptors (Lipinski definition) is 6. The first-order valence-corrected chi connectivity index (χ1v) is 12.0. The van der Waals surface area contributed by atoms with Crippen molar-refractivity contribution in [1.82, 2.24) is 19.4 Å². The molecular weight excluding hydrogens is 466 g/mol. The number of benzene rings is 1. The van der Waals surface area contributed by atoms with Gasteiger partial charge in [-0.15, -0.1) is 0 Å². The Kier molecular flexibility index (Phi) is 5.72. The SMILES string of the molecule is COc1cc([C@H]2C[C@@H](c3cn4c(=O)c5c(nc4c(-c4ccc(F)cc4F)n3)CCC5)CCO2)ccn1. The molecular formula is C27H24F2N4O3. The third-order valence-corrected chi connectivity index (χ3v) is 7.08. The van der Waals surface area contributed by atoms with E-state index in [4.69, 9.17) is 19.4 Å². The van der Waals surface area contributed by atoms with Gasteiger partial charge in [0.2, 0.25) is 5.88 Å². The van der Waals surface area contributed by atoms with Crippen LogP contribution in [0.2, 0.25) is 0 Å².